The van der Waals surface area contributed by atoms with E-state index in [1.54, 1.807) is 54.6 Å². The van der Waals surface area contributed by atoms with Gasteiger partial charge in [-0.3, -0.25) is 18.7 Å². The van der Waals surface area contributed by atoms with Crippen LogP contribution in [-0.4, -0.2) is 31.1 Å². The highest BCUT2D eigenvalue weighted by Crippen LogP contribution is 2.11. The molecule has 2 aromatic carbocycles. The maximum absolute atomic E-state index is 13.1. The number of aromatic nitrogens is 2. The number of carbonyl (C=O) groups excluding carboxylic acids is 1. The molecule has 3 aromatic rings. The summed E-state index contributed by atoms with van der Waals surface area (Å²) in [6, 6.07) is 18.8. The van der Waals surface area contributed by atoms with E-state index in [-0.39, 0.29) is 18.8 Å². The van der Waals surface area contributed by atoms with Crippen LogP contribution in [0.1, 0.15) is 16.8 Å². The van der Waals surface area contributed by atoms with Crippen molar-refractivity contribution in [1.29, 1.82) is 0 Å². The summed E-state index contributed by atoms with van der Waals surface area (Å²) >= 11 is 0. The van der Waals surface area contributed by atoms with Gasteiger partial charge in [0.1, 0.15) is 5.76 Å². The molecular weight excluding hydrogens is 388 g/mol. The summed E-state index contributed by atoms with van der Waals surface area (Å²) in [5.74, 6) is -3.92. The number of benzene rings is 2. The Morgan fingerprint density at radius 1 is 0.800 bits per heavy atom. The van der Waals surface area contributed by atoms with Gasteiger partial charge in [-0.25, -0.2) is 9.59 Å². The van der Waals surface area contributed by atoms with E-state index in [2.05, 4.69) is 0 Å². The van der Waals surface area contributed by atoms with Crippen LogP contribution in [0, 0.1) is 0 Å². The Labute approximate surface area is 170 Å². The second kappa shape index (κ2) is 8.87. The van der Waals surface area contributed by atoms with Gasteiger partial charge in [0.2, 0.25) is 0 Å². The minimum Gasteiger partial charge on any atom is -0.506 e. The van der Waals surface area contributed by atoms with Crippen LogP contribution in [0.3, 0.4) is 0 Å². The standard InChI is InChI=1S/C22H18N2O6/c25-18(12-19(26)21(28)29)17-11-20(27)24(14-16-9-5-2-6-10-16)22(30)23(17)13-15-7-3-1-4-8-15/h1-12,25H,13-14H2,(H,28,29)/b18-12-. The minimum absolute atomic E-state index is 0.00321. The van der Waals surface area contributed by atoms with Gasteiger partial charge in [-0.05, 0) is 11.1 Å². The molecule has 0 aliphatic heterocycles. The van der Waals surface area contributed by atoms with E-state index in [1.165, 1.54) is 0 Å². The van der Waals surface area contributed by atoms with Gasteiger partial charge in [0.05, 0.1) is 18.8 Å². The molecular formula is C22H18N2O6. The largest absolute Gasteiger partial charge is 0.506 e. The molecule has 8 nitrogen and oxygen atoms in total. The molecule has 152 valence electrons. The highest BCUT2D eigenvalue weighted by atomic mass is 16.4. The average molecular weight is 406 g/mol. The Bertz CT molecular complexity index is 1220. The lowest BCUT2D eigenvalue weighted by atomic mass is 10.2. The average Bonchev–Trinajstić information content (AvgIpc) is 2.74. The SMILES string of the molecule is O=C(O)C(=O)/C=C(\O)c1cc(=O)n(Cc2ccccc2)c(=O)n1Cc1ccccc1. The maximum atomic E-state index is 13.1. The van der Waals surface area contributed by atoms with Gasteiger partial charge in [0.25, 0.3) is 11.3 Å². The summed E-state index contributed by atoms with van der Waals surface area (Å²) in [5, 5.41) is 19.1. The molecule has 0 radical (unpaired) electrons. The predicted molar refractivity (Wildman–Crippen MR) is 109 cm³/mol. The fraction of sp³-hybridized carbons (Fsp3) is 0.0909. The number of aliphatic carboxylic acids is 1. The van der Waals surface area contributed by atoms with Crippen molar-refractivity contribution >= 4 is 17.5 Å². The van der Waals surface area contributed by atoms with Gasteiger partial charge in [-0.2, -0.15) is 0 Å². The van der Waals surface area contributed by atoms with E-state index in [0.29, 0.717) is 11.6 Å². The first-order valence-electron chi connectivity index (χ1n) is 8.97. The minimum atomic E-state index is -1.77. The van der Waals surface area contributed by atoms with Crippen LogP contribution in [-0.2, 0) is 22.7 Å². The Balaban J connectivity index is 2.16. The van der Waals surface area contributed by atoms with Gasteiger partial charge in [0.15, 0.2) is 0 Å². The van der Waals surface area contributed by atoms with Crippen LogP contribution in [0.4, 0.5) is 0 Å². The number of aliphatic hydroxyl groups is 1. The molecule has 0 saturated heterocycles. The van der Waals surface area contributed by atoms with Crippen molar-refractivity contribution in [3.05, 3.63) is 110 Å². The molecule has 2 N–H and O–H groups in total. The third-order valence-electron chi connectivity index (χ3n) is 4.39. The molecule has 0 spiro atoms. The van der Waals surface area contributed by atoms with Crippen LogP contribution in [0.2, 0.25) is 0 Å². The second-order valence-electron chi connectivity index (χ2n) is 6.49. The summed E-state index contributed by atoms with van der Waals surface area (Å²) in [6.07, 6.45) is 0.472. The zero-order valence-electron chi connectivity index (χ0n) is 15.8. The number of carbonyl (C=O) groups is 2. The summed E-state index contributed by atoms with van der Waals surface area (Å²) in [4.78, 5) is 48.0. The zero-order valence-corrected chi connectivity index (χ0v) is 15.8. The van der Waals surface area contributed by atoms with Crippen LogP contribution >= 0.6 is 0 Å². The number of carboxylic acids is 1. The van der Waals surface area contributed by atoms with E-state index in [9.17, 15) is 24.3 Å². The first-order valence-corrected chi connectivity index (χ1v) is 8.97. The lowest BCUT2D eigenvalue weighted by Gasteiger charge is -2.15. The molecule has 1 heterocycles. The van der Waals surface area contributed by atoms with Gasteiger partial charge in [-0.15, -0.1) is 0 Å². The molecule has 0 aliphatic rings. The number of ketones is 1. The number of hydrogen-bond donors (Lipinski definition) is 2. The quantitative estimate of drug-likeness (QED) is 0.350. The topological polar surface area (TPSA) is 119 Å². The van der Waals surface area contributed by atoms with Crippen LogP contribution in [0.5, 0.6) is 0 Å². The molecule has 0 fully saturated rings. The summed E-state index contributed by atoms with van der Waals surface area (Å²) in [6.45, 7) is 0.0232. The van der Waals surface area contributed by atoms with Gasteiger partial charge >= 0.3 is 11.7 Å². The normalized spacial score (nSPS) is 11.3. The van der Waals surface area contributed by atoms with Gasteiger partial charge in [-0.1, -0.05) is 60.7 Å². The smallest absolute Gasteiger partial charge is 0.376 e. The maximum Gasteiger partial charge on any atom is 0.376 e. The Hall–Kier alpha value is -4.20. The van der Waals surface area contributed by atoms with E-state index in [0.717, 1.165) is 20.8 Å². The highest BCUT2D eigenvalue weighted by Gasteiger charge is 2.18. The van der Waals surface area contributed by atoms with E-state index in [4.69, 9.17) is 5.11 Å². The van der Waals surface area contributed by atoms with E-state index in [1.807, 2.05) is 6.07 Å². The first-order chi connectivity index (χ1) is 14.4. The lowest BCUT2D eigenvalue weighted by Crippen LogP contribution is -2.41. The summed E-state index contributed by atoms with van der Waals surface area (Å²) < 4.78 is 2.13. The van der Waals surface area contributed by atoms with E-state index < -0.39 is 28.8 Å². The number of aliphatic hydroxyl groups excluding tert-OH is 1. The van der Waals surface area contributed by atoms with Gasteiger partial charge in [0, 0.05) is 12.1 Å². The zero-order chi connectivity index (χ0) is 21.7. The van der Waals surface area contributed by atoms with E-state index >= 15 is 0 Å². The van der Waals surface area contributed by atoms with Crippen LogP contribution < -0.4 is 11.2 Å². The number of rotatable bonds is 7. The van der Waals surface area contributed by atoms with Crippen LogP contribution in [0.15, 0.2) is 82.4 Å². The molecule has 0 unspecified atom stereocenters. The molecule has 30 heavy (non-hydrogen) atoms. The fourth-order valence-electron chi connectivity index (χ4n) is 2.92. The third-order valence-corrected chi connectivity index (χ3v) is 4.39. The molecule has 3 rings (SSSR count). The first kappa shape index (κ1) is 20.5. The van der Waals surface area contributed by atoms with Crippen LogP contribution in [0.25, 0.3) is 5.76 Å². The van der Waals surface area contributed by atoms with Crippen molar-refractivity contribution in [2.24, 2.45) is 0 Å². The molecule has 0 bridgehead atoms. The van der Waals surface area contributed by atoms with Crippen molar-refractivity contribution in [2.75, 3.05) is 0 Å². The number of carboxylic acid groups (broad SMARTS) is 1. The fourth-order valence-corrected chi connectivity index (χ4v) is 2.92. The highest BCUT2D eigenvalue weighted by molar-refractivity contribution is 6.38. The summed E-state index contributed by atoms with van der Waals surface area (Å²) in [7, 11) is 0. The molecule has 8 heteroatoms. The van der Waals surface area contributed by atoms with Crippen molar-refractivity contribution in [1.82, 2.24) is 9.13 Å². The summed E-state index contributed by atoms with van der Waals surface area (Å²) in [5.41, 5.74) is -0.189. The molecule has 0 saturated carbocycles. The van der Waals surface area contributed by atoms with Crippen molar-refractivity contribution in [3.63, 3.8) is 0 Å². The van der Waals surface area contributed by atoms with Crippen molar-refractivity contribution in [3.8, 4) is 0 Å². The van der Waals surface area contributed by atoms with Crippen molar-refractivity contribution < 1.29 is 19.8 Å². The molecule has 0 aliphatic carbocycles. The third kappa shape index (κ3) is 4.61. The number of nitrogens with zero attached hydrogens (tertiary/aromatic N) is 2. The monoisotopic (exact) mass is 406 g/mol. The molecule has 1 aromatic heterocycles. The second-order valence-corrected chi connectivity index (χ2v) is 6.49. The molecule has 0 amide bonds. The molecule has 0 atom stereocenters. The predicted octanol–water partition coefficient (Wildman–Crippen LogP) is 1.66. The lowest BCUT2D eigenvalue weighted by molar-refractivity contribution is -0.146. The Kier molecular flexibility index (Phi) is 6.07. The Morgan fingerprint density at radius 2 is 1.30 bits per heavy atom. The van der Waals surface area contributed by atoms with Gasteiger partial charge < -0.3 is 10.2 Å². The number of hydrogen-bond acceptors (Lipinski definition) is 5. The Morgan fingerprint density at radius 3 is 1.80 bits per heavy atom. The van der Waals surface area contributed by atoms with Crippen molar-refractivity contribution in [2.45, 2.75) is 13.1 Å².